The van der Waals surface area contributed by atoms with Gasteiger partial charge in [0.1, 0.15) is 6.10 Å². The molecule has 1 saturated carbocycles. The molecule has 1 aliphatic carbocycles. The average Bonchev–Trinajstić information content (AvgIpc) is 2.47. The summed E-state index contributed by atoms with van der Waals surface area (Å²) >= 11 is 0. The van der Waals surface area contributed by atoms with Gasteiger partial charge in [-0.1, -0.05) is 43.7 Å². The van der Waals surface area contributed by atoms with Crippen LogP contribution in [0.5, 0.6) is 0 Å². The molecule has 18 heavy (non-hydrogen) atoms. The Balaban J connectivity index is 1.96. The molecule has 2 rings (SSSR count). The number of hydrogen-bond donors (Lipinski definition) is 1. The van der Waals surface area contributed by atoms with Crippen molar-refractivity contribution < 1.29 is 9.90 Å². The van der Waals surface area contributed by atoms with Crippen LogP contribution >= 0.6 is 0 Å². The summed E-state index contributed by atoms with van der Waals surface area (Å²) in [5, 5.41) is 10.1. The van der Waals surface area contributed by atoms with Gasteiger partial charge < -0.3 is 5.11 Å². The molecule has 0 spiro atoms. The summed E-state index contributed by atoms with van der Waals surface area (Å²) in [6.45, 7) is 2.21. The van der Waals surface area contributed by atoms with Crippen LogP contribution in [0.3, 0.4) is 0 Å². The van der Waals surface area contributed by atoms with Crippen LogP contribution in [-0.4, -0.2) is 10.9 Å². The molecule has 2 heteroatoms. The average molecular weight is 246 g/mol. The zero-order chi connectivity index (χ0) is 13.0. The SMILES string of the molecule is CCC1CCC(C(=O)C(O)c2ccccc2)CC1. The Labute approximate surface area is 109 Å². The van der Waals surface area contributed by atoms with E-state index in [-0.39, 0.29) is 11.7 Å². The summed E-state index contributed by atoms with van der Waals surface area (Å²) < 4.78 is 0. The number of aliphatic hydroxyl groups excluding tert-OH is 1. The molecule has 1 atom stereocenters. The van der Waals surface area contributed by atoms with Crippen molar-refractivity contribution in [3.05, 3.63) is 35.9 Å². The van der Waals surface area contributed by atoms with Gasteiger partial charge in [0.25, 0.3) is 0 Å². The Hall–Kier alpha value is -1.15. The number of aliphatic hydroxyl groups is 1. The number of hydrogen-bond acceptors (Lipinski definition) is 2. The monoisotopic (exact) mass is 246 g/mol. The van der Waals surface area contributed by atoms with Crippen LogP contribution in [0.2, 0.25) is 0 Å². The second-order valence-electron chi connectivity index (χ2n) is 5.34. The van der Waals surface area contributed by atoms with Crippen molar-refractivity contribution in [2.75, 3.05) is 0 Å². The van der Waals surface area contributed by atoms with E-state index in [4.69, 9.17) is 0 Å². The van der Waals surface area contributed by atoms with E-state index >= 15 is 0 Å². The highest BCUT2D eigenvalue weighted by atomic mass is 16.3. The largest absolute Gasteiger partial charge is 0.381 e. The van der Waals surface area contributed by atoms with Crippen molar-refractivity contribution >= 4 is 5.78 Å². The standard InChI is InChI=1S/C16H22O2/c1-2-12-8-10-14(11-9-12)16(18)15(17)13-6-4-3-5-7-13/h3-7,12,14-15,17H,2,8-11H2,1H3. The molecule has 0 radical (unpaired) electrons. The van der Waals surface area contributed by atoms with Crippen molar-refractivity contribution in [2.45, 2.75) is 45.1 Å². The predicted octanol–water partition coefficient (Wildman–Crippen LogP) is 3.51. The summed E-state index contributed by atoms with van der Waals surface area (Å²) in [7, 11) is 0. The molecular formula is C16H22O2. The molecule has 0 aliphatic heterocycles. The first-order valence-electron chi connectivity index (χ1n) is 6.99. The summed E-state index contributed by atoms with van der Waals surface area (Å²) in [6.07, 6.45) is 4.43. The molecule has 1 aromatic rings. The predicted molar refractivity (Wildman–Crippen MR) is 72.1 cm³/mol. The van der Waals surface area contributed by atoms with Crippen LogP contribution in [-0.2, 0) is 4.79 Å². The molecule has 0 saturated heterocycles. The molecule has 98 valence electrons. The minimum Gasteiger partial charge on any atom is -0.381 e. The maximum atomic E-state index is 12.2. The van der Waals surface area contributed by atoms with E-state index in [2.05, 4.69) is 6.92 Å². The van der Waals surface area contributed by atoms with Crippen LogP contribution in [0.25, 0.3) is 0 Å². The van der Waals surface area contributed by atoms with Crippen molar-refractivity contribution in [3.8, 4) is 0 Å². The highest BCUT2D eigenvalue weighted by Gasteiger charge is 2.30. The third kappa shape index (κ3) is 2.99. The van der Waals surface area contributed by atoms with Crippen LogP contribution in [0.15, 0.2) is 30.3 Å². The Morgan fingerprint density at radius 1 is 1.22 bits per heavy atom. The lowest BCUT2D eigenvalue weighted by molar-refractivity contribution is -0.132. The van der Waals surface area contributed by atoms with E-state index in [9.17, 15) is 9.90 Å². The minimum absolute atomic E-state index is 0.00996. The maximum Gasteiger partial charge on any atom is 0.168 e. The lowest BCUT2D eigenvalue weighted by atomic mass is 9.77. The molecule has 2 nitrogen and oxygen atoms in total. The molecule has 1 aromatic carbocycles. The Morgan fingerprint density at radius 2 is 1.83 bits per heavy atom. The van der Waals surface area contributed by atoms with Crippen LogP contribution in [0.4, 0.5) is 0 Å². The van der Waals surface area contributed by atoms with Crippen LogP contribution < -0.4 is 0 Å². The van der Waals surface area contributed by atoms with Gasteiger partial charge in [0.2, 0.25) is 0 Å². The quantitative estimate of drug-likeness (QED) is 0.882. The zero-order valence-corrected chi connectivity index (χ0v) is 11.0. The van der Waals surface area contributed by atoms with E-state index in [1.54, 1.807) is 0 Å². The van der Waals surface area contributed by atoms with Gasteiger partial charge in [-0.2, -0.15) is 0 Å². The van der Waals surface area contributed by atoms with Crippen molar-refractivity contribution in [1.29, 1.82) is 0 Å². The summed E-state index contributed by atoms with van der Waals surface area (Å²) in [5.41, 5.74) is 0.722. The molecule has 0 amide bonds. The number of ketones is 1. The van der Waals surface area contributed by atoms with E-state index < -0.39 is 6.10 Å². The van der Waals surface area contributed by atoms with Crippen molar-refractivity contribution in [3.63, 3.8) is 0 Å². The first kappa shape index (κ1) is 13.3. The normalized spacial score (nSPS) is 25.7. The van der Waals surface area contributed by atoms with E-state index in [1.165, 1.54) is 6.42 Å². The van der Waals surface area contributed by atoms with Crippen molar-refractivity contribution in [1.82, 2.24) is 0 Å². The Bertz CT molecular complexity index is 377. The Kier molecular flexibility index (Phi) is 4.54. The van der Waals surface area contributed by atoms with Gasteiger partial charge in [0, 0.05) is 5.92 Å². The summed E-state index contributed by atoms with van der Waals surface area (Å²) in [4.78, 5) is 12.2. The fourth-order valence-electron chi connectivity index (χ4n) is 2.88. The van der Waals surface area contributed by atoms with Crippen molar-refractivity contribution in [2.24, 2.45) is 11.8 Å². The minimum atomic E-state index is -0.936. The van der Waals surface area contributed by atoms with Gasteiger partial charge in [0.15, 0.2) is 5.78 Å². The van der Waals surface area contributed by atoms with Gasteiger partial charge in [-0.25, -0.2) is 0 Å². The van der Waals surface area contributed by atoms with Gasteiger partial charge in [0.05, 0.1) is 0 Å². The molecule has 1 N–H and O–H groups in total. The van der Waals surface area contributed by atoms with Crippen LogP contribution in [0, 0.1) is 11.8 Å². The lowest BCUT2D eigenvalue weighted by Crippen LogP contribution is -2.26. The summed E-state index contributed by atoms with van der Waals surface area (Å²) in [5.74, 6) is 0.849. The first-order chi connectivity index (χ1) is 8.72. The van der Waals surface area contributed by atoms with Gasteiger partial charge in [-0.15, -0.1) is 0 Å². The second kappa shape index (κ2) is 6.14. The Morgan fingerprint density at radius 3 is 2.39 bits per heavy atom. The lowest BCUT2D eigenvalue weighted by Gasteiger charge is -2.28. The molecule has 0 bridgehead atoms. The smallest absolute Gasteiger partial charge is 0.168 e. The number of carbonyl (C=O) groups is 1. The van der Waals surface area contributed by atoms with Gasteiger partial charge in [-0.3, -0.25) is 4.79 Å². The topological polar surface area (TPSA) is 37.3 Å². The molecule has 1 fully saturated rings. The first-order valence-corrected chi connectivity index (χ1v) is 6.99. The molecule has 0 heterocycles. The summed E-state index contributed by atoms with van der Waals surface area (Å²) in [6, 6.07) is 9.26. The zero-order valence-electron chi connectivity index (χ0n) is 11.0. The fourth-order valence-corrected chi connectivity index (χ4v) is 2.88. The number of rotatable bonds is 4. The molecule has 0 aromatic heterocycles. The highest BCUT2D eigenvalue weighted by molar-refractivity contribution is 5.86. The second-order valence-corrected chi connectivity index (χ2v) is 5.34. The molecule has 1 aliphatic rings. The van der Waals surface area contributed by atoms with Crippen LogP contribution in [0.1, 0.15) is 50.7 Å². The van der Waals surface area contributed by atoms with Gasteiger partial charge >= 0.3 is 0 Å². The number of Topliss-reactive ketones (excluding diaryl/α,β-unsaturated/α-hetero) is 1. The van der Waals surface area contributed by atoms with Gasteiger partial charge in [-0.05, 0) is 37.2 Å². The molecule has 1 unspecified atom stereocenters. The molecular weight excluding hydrogens is 224 g/mol. The third-order valence-electron chi connectivity index (χ3n) is 4.21. The van der Waals surface area contributed by atoms with E-state index in [0.717, 1.165) is 37.2 Å². The van der Waals surface area contributed by atoms with E-state index in [0.29, 0.717) is 0 Å². The van der Waals surface area contributed by atoms with E-state index in [1.807, 2.05) is 30.3 Å². The fraction of sp³-hybridized carbons (Fsp3) is 0.562. The maximum absolute atomic E-state index is 12.2. The third-order valence-corrected chi connectivity index (χ3v) is 4.21. The number of carbonyl (C=O) groups excluding carboxylic acids is 1. The number of benzene rings is 1. The highest BCUT2D eigenvalue weighted by Crippen LogP contribution is 2.33.